The Morgan fingerprint density at radius 2 is 1.76 bits per heavy atom. The lowest BCUT2D eigenvalue weighted by Gasteiger charge is -2.35. The minimum atomic E-state index is -0.242. The SMILES string of the molecule is CN(C(=O)C1CCN(CCOc2ccccc2)CC1)[C@@H](c1ccc(Cl)cc1)c1ccccn1. The van der Waals surface area contributed by atoms with Crippen LogP contribution in [-0.2, 0) is 4.79 Å². The molecule has 0 N–H and O–H groups in total. The van der Waals surface area contributed by atoms with E-state index in [0.29, 0.717) is 11.6 Å². The van der Waals surface area contributed by atoms with Crippen molar-refractivity contribution in [1.29, 1.82) is 0 Å². The molecule has 33 heavy (non-hydrogen) atoms. The van der Waals surface area contributed by atoms with Gasteiger partial charge in [-0.05, 0) is 67.9 Å². The maximum absolute atomic E-state index is 13.5. The molecular formula is C27H30ClN3O2. The van der Waals surface area contributed by atoms with E-state index < -0.39 is 0 Å². The Balaban J connectivity index is 1.36. The standard InChI is InChI=1S/C27H30ClN3O2/c1-30(26(25-9-5-6-16-29-25)21-10-12-23(28)13-11-21)27(32)22-14-17-31(18-15-22)19-20-33-24-7-3-2-4-8-24/h2-13,16,22,26H,14-15,17-20H2,1H3/t26-/m0/s1. The zero-order valence-electron chi connectivity index (χ0n) is 18.9. The largest absolute Gasteiger partial charge is 0.492 e. The fraction of sp³-hybridized carbons (Fsp3) is 0.333. The molecule has 0 bridgehead atoms. The molecule has 1 aromatic heterocycles. The molecule has 0 spiro atoms. The summed E-state index contributed by atoms with van der Waals surface area (Å²) < 4.78 is 5.83. The maximum atomic E-state index is 13.5. The van der Waals surface area contributed by atoms with Gasteiger partial charge in [0.2, 0.25) is 5.91 Å². The van der Waals surface area contributed by atoms with E-state index in [1.165, 1.54) is 0 Å². The Bertz CT molecular complexity index is 1010. The lowest BCUT2D eigenvalue weighted by Crippen LogP contribution is -2.43. The summed E-state index contributed by atoms with van der Waals surface area (Å²) in [6.07, 6.45) is 3.47. The molecule has 3 aromatic rings. The van der Waals surface area contributed by atoms with Crippen LogP contribution in [0.25, 0.3) is 0 Å². The molecule has 5 nitrogen and oxygen atoms in total. The molecular weight excluding hydrogens is 434 g/mol. The summed E-state index contributed by atoms with van der Waals surface area (Å²) in [5.74, 6) is 1.08. The van der Waals surface area contributed by atoms with Crippen LogP contribution >= 0.6 is 11.6 Å². The molecule has 1 atom stereocenters. The first kappa shape index (κ1) is 23.3. The number of nitrogens with zero attached hydrogens (tertiary/aromatic N) is 3. The second kappa shape index (κ2) is 11.3. The Kier molecular flexibility index (Phi) is 7.97. The van der Waals surface area contributed by atoms with Gasteiger partial charge in [-0.15, -0.1) is 0 Å². The number of carbonyl (C=O) groups is 1. The van der Waals surface area contributed by atoms with Gasteiger partial charge >= 0.3 is 0 Å². The van der Waals surface area contributed by atoms with Crippen molar-refractivity contribution in [2.45, 2.75) is 18.9 Å². The maximum Gasteiger partial charge on any atom is 0.226 e. The molecule has 172 valence electrons. The van der Waals surface area contributed by atoms with Crippen molar-refractivity contribution in [3.63, 3.8) is 0 Å². The normalized spacial score (nSPS) is 15.7. The molecule has 4 rings (SSSR count). The van der Waals surface area contributed by atoms with Gasteiger partial charge in [0.05, 0.1) is 11.7 Å². The fourth-order valence-electron chi connectivity index (χ4n) is 4.40. The Labute approximate surface area is 201 Å². The van der Waals surface area contributed by atoms with E-state index in [2.05, 4.69) is 9.88 Å². The van der Waals surface area contributed by atoms with E-state index in [1.54, 1.807) is 6.20 Å². The summed E-state index contributed by atoms with van der Waals surface area (Å²) in [5.41, 5.74) is 1.86. The summed E-state index contributed by atoms with van der Waals surface area (Å²) in [5, 5.41) is 0.677. The fourth-order valence-corrected chi connectivity index (χ4v) is 4.53. The monoisotopic (exact) mass is 463 g/mol. The number of pyridine rings is 1. The van der Waals surface area contributed by atoms with E-state index in [-0.39, 0.29) is 17.9 Å². The van der Waals surface area contributed by atoms with E-state index in [4.69, 9.17) is 16.3 Å². The molecule has 1 fully saturated rings. The van der Waals surface area contributed by atoms with Gasteiger partial charge in [-0.3, -0.25) is 14.7 Å². The van der Waals surface area contributed by atoms with Gasteiger partial charge < -0.3 is 9.64 Å². The van der Waals surface area contributed by atoms with Crippen molar-refractivity contribution in [1.82, 2.24) is 14.8 Å². The number of rotatable bonds is 8. The molecule has 1 amide bonds. The number of ether oxygens (including phenoxy) is 1. The van der Waals surface area contributed by atoms with E-state index in [0.717, 1.165) is 49.5 Å². The van der Waals surface area contributed by atoms with Crippen LogP contribution in [0.4, 0.5) is 0 Å². The second-order valence-electron chi connectivity index (χ2n) is 8.44. The van der Waals surface area contributed by atoms with Crippen LogP contribution in [-0.4, -0.2) is 54.0 Å². The highest BCUT2D eigenvalue weighted by molar-refractivity contribution is 6.30. The molecule has 2 aromatic carbocycles. The Hall–Kier alpha value is -2.89. The third-order valence-corrected chi connectivity index (χ3v) is 6.50. The number of benzene rings is 2. The highest BCUT2D eigenvalue weighted by Gasteiger charge is 2.32. The second-order valence-corrected chi connectivity index (χ2v) is 8.87. The highest BCUT2D eigenvalue weighted by atomic mass is 35.5. The number of para-hydroxylation sites is 1. The van der Waals surface area contributed by atoms with Crippen molar-refractivity contribution in [2.24, 2.45) is 5.92 Å². The Morgan fingerprint density at radius 3 is 2.42 bits per heavy atom. The summed E-state index contributed by atoms with van der Waals surface area (Å²) in [4.78, 5) is 22.3. The van der Waals surface area contributed by atoms with Gasteiger partial charge in [0.25, 0.3) is 0 Å². The number of amides is 1. The van der Waals surface area contributed by atoms with Gasteiger partial charge in [-0.25, -0.2) is 0 Å². The van der Waals surface area contributed by atoms with Crippen LogP contribution in [0.5, 0.6) is 5.75 Å². The van der Waals surface area contributed by atoms with Crippen LogP contribution in [0.2, 0.25) is 5.02 Å². The predicted molar refractivity (Wildman–Crippen MR) is 131 cm³/mol. The molecule has 0 saturated carbocycles. The van der Waals surface area contributed by atoms with Crippen molar-refractivity contribution in [3.05, 3.63) is 95.3 Å². The number of hydrogen-bond donors (Lipinski definition) is 0. The molecule has 0 radical (unpaired) electrons. The molecule has 6 heteroatoms. The van der Waals surface area contributed by atoms with E-state index in [1.807, 2.05) is 84.7 Å². The average Bonchev–Trinajstić information content (AvgIpc) is 2.86. The van der Waals surface area contributed by atoms with Crippen LogP contribution in [0, 0.1) is 5.92 Å². The van der Waals surface area contributed by atoms with Crippen LogP contribution in [0.15, 0.2) is 79.0 Å². The predicted octanol–water partition coefficient (Wildman–Crippen LogP) is 5.07. The highest BCUT2D eigenvalue weighted by Crippen LogP contribution is 2.30. The van der Waals surface area contributed by atoms with Gasteiger partial charge in [0.1, 0.15) is 12.4 Å². The Morgan fingerprint density at radius 1 is 1.06 bits per heavy atom. The minimum Gasteiger partial charge on any atom is -0.492 e. The topological polar surface area (TPSA) is 45.7 Å². The number of aromatic nitrogens is 1. The summed E-state index contributed by atoms with van der Waals surface area (Å²) >= 11 is 6.10. The van der Waals surface area contributed by atoms with Gasteiger partial charge in [0.15, 0.2) is 0 Å². The van der Waals surface area contributed by atoms with Crippen molar-refractivity contribution < 1.29 is 9.53 Å². The number of piperidine rings is 1. The van der Waals surface area contributed by atoms with Crippen LogP contribution in [0.3, 0.4) is 0 Å². The quantitative estimate of drug-likeness (QED) is 0.467. The van der Waals surface area contributed by atoms with Gasteiger partial charge in [0, 0.05) is 30.7 Å². The molecule has 1 aliphatic heterocycles. The van der Waals surface area contributed by atoms with Crippen LogP contribution < -0.4 is 4.74 Å². The zero-order valence-corrected chi connectivity index (χ0v) is 19.7. The molecule has 1 saturated heterocycles. The first-order valence-corrected chi connectivity index (χ1v) is 11.8. The van der Waals surface area contributed by atoms with Gasteiger partial charge in [-0.1, -0.05) is 48.0 Å². The van der Waals surface area contributed by atoms with E-state index in [9.17, 15) is 4.79 Å². The smallest absolute Gasteiger partial charge is 0.226 e. The minimum absolute atomic E-state index is 0.0137. The average molecular weight is 464 g/mol. The van der Waals surface area contributed by atoms with Crippen molar-refractivity contribution in [2.75, 3.05) is 33.3 Å². The summed E-state index contributed by atoms with van der Waals surface area (Å²) in [6, 6.07) is 23.1. The van der Waals surface area contributed by atoms with Crippen molar-refractivity contribution >= 4 is 17.5 Å². The van der Waals surface area contributed by atoms with Crippen molar-refractivity contribution in [3.8, 4) is 5.75 Å². The lowest BCUT2D eigenvalue weighted by atomic mass is 9.93. The number of likely N-dealkylation sites (tertiary alicyclic amines) is 1. The molecule has 0 aliphatic carbocycles. The summed E-state index contributed by atoms with van der Waals surface area (Å²) in [7, 11) is 1.89. The molecule has 2 heterocycles. The number of halogens is 1. The molecule has 0 unspecified atom stereocenters. The third kappa shape index (κ3) is 6.12. The lowest BCUT2D eigenvalue weighted by molar-refractivity contribution is -0.137. The zero-order chi connectivity index (χ0) is 23.0. The first-order chi connectivity index (χ1) is 16.1. The molecule has 1 aliphatic rings. The number of carbonyl (C=O) groups excluding carboxylic acids is 1. The third-order valence-electron chi connectivity index (χ3n) is 6.24. The van der Waals surface area contributed by atoms with Gasteiger partial charge in [-0.2, -0.15) is 0 Å². The number of hydrogen-bond acceptors (Lipinski definition) is 4. The first-order valence-electron chi connectivity index (χ1n) is 11.4. The van der Waals surface area contributed by atoms with Crippen LogP contribution in [0.1, 0.15) is 30.1 Å². The van der Waals surface area contributed by atoms with E-state index >= 15 is 0 Å². The summed E-state index contributed by atoms with van der Waals surface area (Å²) in [6.45, 7) is 3.32.